The molecule has 0 aliphatic rings. The molecule has 0 spiro atoms. The Morgan fingerprint density at radius 3 is 2.47 bits per heavy atom. The minimum Gasteiger partial charge on any atom is -0.490 e. The lowest BCUT2D eigenvalue weighted by Crippen LogP contribution is -2.20. The zero-order valence-electron chi connectivity index (χ0n) is 19.6. The van der Waals surface area contributed by atoms with Gasteiger partial charge in [0.25, 0.3) is 11.8 Å². The van der Waals surface area contributed by atoms with E-state index < -0.39 is 5.91 Å². The van der Waals surface area contributed by atoms with Gasteiger partial charge in [-0.1, -0.05) is 23.7 Å². The number of carbonyl (C=O) groups is 2. The number of hydrogen-bond acceptors (Lipinski definition) is 5. The Morgan fingerprint density at radius 2 is 1.81 bits per heavy atom. The number of aryl methyl sites for hydroxylation is 1. The molecule has 0 aliphatic carbocycles. The summed E-state index contributed by atoms with van der Waals surface area (Å²) in [5.41, 5.74) is 2.63. The van der Waals surface area contributed by atoms with Gasteiger partial charge in [0.2, 0.25) is 0 Å². The molecule has 2 amide bonds. The van der Waals surface area contributed by atoms with Crippen LogP contribution in [0.3, 0.4) is 0 Å². The highest BCUT2D eigenvalue weighted by atomic mass is 79.9. The zero-order chi connectivity index (χ0) is 26.1. The van der Waals surface area contributed by atoms with Crippen LogP contribution in [0.15, 0.2) is 70.7 Å². The Hall–Kier alpha value is -3.80. The van der Waals surface area contributed by atoms with E-state index in [9.17, 15) is 14.9 Å². The molecule has 0 unspecified atom stereocenters. The van der Waals surface area contributed by atoms with Crippen molar-refractivity contribution >= 4 is 56.8 Å². The Bertz CT molecular complexity index is 1330. The van der Waals surface area contributed by atoms with Crippen LogP contribution >= 0.6 is 27.5 Å². The van der Waals surface area contributed by atoms with Crippen LogP contribution in [0.4, 0.5) is 11.4 Å². The van der Waals surface area contributed by atoms with Gasteiger partial charge < -0.3 is 20.1 Å². The summed E-state index contributed by atoms with van der Waals surface area (Å²) in [5, 5.41) is 15.6. The number of halogens is 2. The molecule has 9 heteroatoms. The highest BCUT2D eigenvalue weighted by Gasteiger charge is 2.16. The molecular formula is C27H23BrClN3O4. The molecule has 0 bridgehead atoms. The molecule has 2 N–H and O–H groups in total. The van der Waals surface area contributed by atoms with Crippen LogP contribution in [-0.2, 0) is 9.59 Å². The first kappa shape index (κ1) is 26.8. The van der Waals surface area contributed by atoms with E-state index in [2.05, 4.69) is 26.6 Å². The molecule has 184 valence electrons. The monoisotopic (exact) mass is 567 g/mol. The first-order valence-electron chi connectivity index (χ1n) is 10.9. The lowest BCUT2D eigenvalue weighted by atomic mass is 10.1. The minimum atomic E-state index is -0.531. The lowest BCUT2D eigenvalue weighted by molar-refractivity contribution is -0.118. The molecule has 7 nitrogen and oxygen atoms in total. The summed E-state index contributed by atoms with van der Waals surface area (Å²) in [4.78, 5) is 25.0. The maximum Gasteiger partial charge on any atom is 0.266 e. The molecule has 0 atom stereocenters. The number of carbonyl (C=O) groups excluding carboxylic acids is 2. The highest BCUT2D eigenvalue weighted by Crippen LogP contribution is 2.37. The summed E-state index contributed by atoms with van der Waals surface area (Å²) in [6.45, 7) is 3.79. The fourth-order valence-electron chi connectivity index (χ4n) is 3.18. The van der Waals surface area contributed by atoms with Crippen LogP contribution in [0.5, 0.6) is 11.5 Å². The smallest absolute Gasteiger partial charge is 0.266 e. The molecule has 0 heterocycles. The van der Waals surface area contributed by atoms with Crippen molar-refractivity contribution in [1.29, 1.82) is 5.26 Å². The summed E-state index contributed by atoms with van der Waals surface area (Å²) in [7, 11) is 0. The number of rotatable bonds is 9. The zero-order valence-corrected chi connectivity index (χ0v) is 21.9. The van der Waals surface area contributed by atoms with Gasteiger partial charge in [-0.15, -0.1) is 0 Å². The number of ether oxygens (including phenoxy) is 2. The van der Waals surface area contributed by atoms with Gasteiger partial charge in [-0.2, -0.15) is 5.26 Å². The van der Waals surface area contributed by atoms with Crippen LogP contribution in [0.1, 0.15) is 18.1 Å². The third-order valence-corrected chi connectivity index (χ3v) is 5.60. The Balaban J connectivity index is 1.76. The van der Waals surface area contributed by atoms with Crippen LogP contribution < -0.4 is 20.1 Å². The van der Waals surface area contributed by atoms with Crippen molar-refractivity contribution in [1.82, 2.24) is 0 Å². The van der Waals surface area contributed by atoms with Gasteiger partial charge in [0.15, 0.2) is 18.1 Å². The predicted octanol–water partition coefficient (Wildman–Crippen LogP) is 6.37. The van der Waals surface area contributed by atoms with Gasteiger partial charge in [-0.05, 0) is 95.5 Å². The molecule has 3 aromatic rings. The predicted molar refractivity (Wildman–Crippen MR) is 144 cm³/mol. The number of nitriles is 1. The number of hydrogen-bond donors (Lipinski definition) is 2. The largest absolute Gasteiger partial charge is 0.490 e. The lowest BCUT2D eigenvalue weighted by Gasteiger charge is -2.15. The third kappa shape index (κ3) is 7.60. The summed E-state index contributed by atoms with van der Waals surface area (Å²) in [6.07, 6.45) is 1.45. The second kappa shape index (κ2) is 12.8. The fraction of sp³-hybridized carbons (Fsp3) is 0.148. The van der Waals surface area contributed by atoms with Gasteiger partial charge in [0, 0.05) is 16.4 Å². The standard InChI is InChI=1S/C27H23BrClN3O4/c1-3-35-24-14-18(12-19(15-30)27(34)32-22-6-4-5-17(2)11-22)13-23(28)26(24)36-16-25(33)31-21-9-7-20(29)8-10-21/h4-14H,3,16H2,1-2H3,(H,31,33)(H,32,34)/b19-12+. The van der Waals surface area contributed by atoms with E-state index in [1.165, 1.54) is 6.08 Å². The Kier molecular flexibility index (Phi) is 9.51. The van der Waals surface area contributed by atoms with E-state index in [1.54, 1.807) is 42.5 Å². The molecule has 0 fully saturated rings. The van der Waals surface area contributed by atoms with Gasteiger partial charge in [0.05, 0.1) is 11.1 Å². The van der Waals surface area contributed by atoms with E-state index in [1.807, 2.05) is 38.1 Å². The SMILES string of the molecule is CCOc1cc(/C=C(\C#N)C(=O)Nc2cccc(C)c2)cc(Br)c1OCC(=O)Nc1ccc(Cl)cc1. The minimum absolute atomic E-state index is 0.0816. The van der Waals surface area contributed by atoms with Crippen LogP contribution in [-0.4, -0.2) is 25.0 Å². The average molecular weight is 569 g/mol. The summed E-state index contributed by atoms with van der Waals surface area (Å²) >= 11 is 9.31. The quantitative estimate of drug-likeness (QED) is 0.231. The Labute approximate surface area is 222 Å². The van der Waals surface area contributed by atoms with Crippen molar-refractivity contribution in [3.05, 3.63) is 86.9 Å². The summed E-state index contributed by atoms with van der Waals surface area (Å²) < 4.78 is 11.9. The van der Waals surface area contributed by atoms with Gasteiger partial charge in [-0.25, -0.2) is 0 Å². The third-order valence-electron chi connectivity index (χ3n) is 4.76. The normalized spacial score (nSPS) is 10.8. The fourth-order valence-corrected chi connectivity index (χ4v) is 3.88. The second-order valence-corrected chi connectivity index (χ2v) is 8.89. The number of anilines is 2. The van der Waals surface area contributed by atoms with Gasteiger partial charge >= 0.3 is 0 Å². The van der Waals surface area contributed by atoms with E-state index >= 15 is 0 Å². The molecule has 0 saturated heterocycles. The molecule has 0 aromatic heterocycles. The molecular weight excluding hydrogens is 546 g/mol. The maximum atomic E-state index is 12.6. The molecule has 36 heavy (non-hydrogen) atoms. The number of benzene rings is 3. The van der Waals surface area contributed by atoms with Gasteiger partial charge in [-0.3, -0.25) is 9.59 Å². The molecule has 3 rings (SSSR count). The van der Waals surface area contributed by atoms with Crippen molar-refractivity contribution in [3.63, 3.8) is 0 Å². The van der Waals surface area contributed by atoms with Crippen molar-refractivity contribution < 1.29 is 19.1 Å². The molecule has 0 radical (unpaired) electrons. The molecule has 3 aromatic carbocycles. The maximum absolute atomic E-state index is 12.6. The van der Waals surface area contributed by atoms with Crippen molar-refractivity contribution in [2.45, 2.75) is 13.8 Å². The van der Waals surface area contributed by atoms with E-state index in [0.29, 0.717) is 44.5 Å². The van der Waals surface area contributed by atoms with Crippen LogP contribution in [0, 0.1) is 18.3 Å². The van der Waals surface area contributed by atoms with E-state index in [-0.39, 0.29) is 18.1 Å². The topological polar surface area (TPSA) is 100 Å². The number of amides is 2. The molecule has 0 aliphatic heterocycles. The van der Waals surface area contributed by atoms with Crippen molar-refractivity contribution in [2.75, 3.05) is 23.8 Å². The van der Waals surface area contributed by atoms with E-state index in [0.717, 1.165) is 5.56 Å². The Morgan fingerprint density at radius 1 is 1.06 bits per heavy atom. The second-order valence-electron chi connectivity index (χ2n) is 7.60. The van der Waals surface area contributed by atoms with Gasteiger partial charge in [0.1, 0.15) is 11.6 Å². The van der Waals surface area contributed by atoms with Crippen molar-refractivity contribution in [2.24, 2.45) is 0 Å². The van der Waals surface area contributed by atoms with Crippen molar-refractivity contribution in [3.8, 4) is 17.6 Å². The summed E-state index contributed by atoms with van der Waals surface area (Å²) in [5.74, 6) is -0.219. The average Bonchev–Trinajstić information content (AvgIpc) is 2.83. The molecule has 0 saturated carbocycles. The highest BCUT2D eigenvalue weighted by molar-refractivity contribution is 9.10. The van der Waals surface area contributed by atoms with Crippen LogP contribution in [0.2, 0.25) is 5.02 Å². The number of nitrogens with zero attached hydrogens (tertiary/aromatic N) is 1. The summed E-state index contributed by atoms with van der Waals surface area (Å²) in [6, 6.07) is 19.3. The number of nitrogens with one attached hydrogen (secondary N) is 2. The van der Waals surface area contributed by atoms with E-state index in [4.69, 9.17) is 21.1 Å². The first-order chi connectivity index (χ1) is 17.3. The first-order valence-corrected chi connectivity index (χ1v) is 12.1. The van der Waals surface area contributed by atoms with Crippen LogP contribution in [0.25, 0.3) is 6.08 Å².